The second-order valence-electron chi connectivity index (χ2n) is 19.7. The average molecular weight is 1030 g/mol. The van der Waals surface area contributed by atoms with Crippen LogP contribution < -0.4 is 10.2 Å². The predicted molar refractivity (Wildman–Crippen MR) is 257 cm³/mol. The van der Waals surface area contributed by atoms with E-state index in [0.29, 0.717) is 0 Å². The number of rotatable bonds is 0. The van der Waals surface area contributed by atoms with Crippen LogP contribution in [0.15, 0.2) is 122 Å². The van der Waals surface area contributed by atoms with Gasteiger partial charge in [0.2, 0.25) is 0 Å². The van der Waals surface area contributed by atoms with Crippen molar-refractivity contribution in [2.75, 3.05) is 0 Å². The third-order valence-electron chi connectivity index (χ3n) is 10.7. The van der Waals surface area contributed by atoms with Gasteiger partial charge in [-0.25, -0.2) is 0 Å². The van der Waals surface area contributed by atoms with Crippen molar-refractivity contribution in [3.63, 3.8) is 0 Å². The molecule has 0 saturated heterocycles. The zero-order valence-corrected chi connectivity index (χ0v) is 41.9. The van der Waals surface area contributed by atoms with Gasteiger partial charge in [0.15, 0.2) is 0 Å². The molecule has 336 valence electrons. The van der Waals surface area contributed by atoms with Gasteiger partial charge in [0.25, 0.3) is 0 Å². The number of benzene rings is 6. The van der Waals surface area contributed by atoms with Gasteiger partial charge in [0.1, 0.15) is 0 Å². The van der Waals surface area contributed by atoms with Gasteiger partial charge in [0.05, 0.1) is 11.0 Å². The Morgan fingerprint density at radius 2 is 0.688 bits per heavy atom. The van der Waals surface area contributed by atoms with Gasteiger partial charge in [-0.15, -0.1) is 70.7 Å². The zero-order chi connectivity index (χ0) is 44.5. The average Bonchev–Trinajstić information content (AvgIpc) is 3.98. The van der Waals surface area contributed by atoms with Gasteiger partial charge >= 0.3 is 0 Å². The molecule has 0 bridgehead atoms. The maximum absolute atomic E-state index is 4.48. The summed E-state index contributed by atoms with van der Waals surface area (Å²) in [7, 11) is 0. The van der Waals surface area contributed by atoms with Crippen LogP contribution in [0, 0.1) is 12.1 Å². The van der Waals surface area contributed by atoms with Crippen LogP contribution in [0.3, 0.4) is 0 Å². The molecule has 0 aliphatic carbocycles. The Morgan fingerprint density at radius 1 is 0.375 bits per heavy atom. The fourth-order valence-electron chi connectivity index (χ4n) is 7.06. The van der Waals surface area contributed by atoms with Gasteiger partial charge in [-0.05, 0) is 21.6 Å². The van der Waals surface area contributed by atoms with Gasteiger partial charge in [-0.3, -0.25) is 9.97 Å². The zero-order valence-electron chi connectivity index (χ0n) is 38.8. The molecule has 10 rings (SSSR count). The topological polar surface area (TPSA) is 106 Å². The van der Waals surface area contributed by atoms with Crippen molar-refractivity contribution in [3.8, 4) is 0 Å². The predicted octanol–water partition coefficient (Wildman–Crippen LogP) is 12.7. The molecule has 0 amide bonds. The van der Waals surface area contributed by atoms with Crippen LogP contribution in [0.5, 0.6) is 0 Å². The molecule has 8 nitrogen and oxygen atoms in total. The Balaban J connectivity index is 0.000000161. The molecule has 6 aromatic carbocycles. The smallest absolute Gasteiger partial charge is 0.0545 e. The Hall–Kier alpha value is -5.22. The summed E-state index contributed by atoms with van der Waals surface area (Å²) < 4.78 is 0. The Bertz CT molecular complexity index is 2430. The van der Waals surface area contributed by atoms with E-state index in [4.69, 9.17) is 0 Å². The first-order valence-corrected chi connectivity index (χ1v) is 21.2. The maximum atomic E-state index is 4.48. The molecule has 0 unspecified atom stereocenters. The van der Waals surface area contributed by atoms with E-state index in [9.17, 15) is 0 Å². The molecule has 0 aliphatic heterocycles. The van der Waals surface area contributed by atoms with Crippen LogP contribution in [0.2, 0.25) is 0 Å². The largest absolute Gasteiger partial charge is 0.578 e. The van der Waals surface area contributed by atoms with Crippen LogP contribution in [-0.2, 0) is 62.5 Å². The van der Waals surface area contributed by atoms with Crippen molar-refractivity contribution in [2.45, 2.75) is 105 Å². The van der Waals surface area contributed by atoms with Gasteiger partial charge in [0, 0.05) is 98.9 Å². The van der Waals surface area contributed by atoms with E-state index in [1.807, 2.05) is 36.4 Å². The first-order valence-electron chi connectivity index (χ1n) is 21.2. The molecule has 0 saturated carbocycles. The van der Waals surface area contributed by atoms with E-state index < -0.39 is 0 Å². The normalized spacial score (nSPS) is 11.8. The summed E-state index contributed by atoms with van der Waals surface area (Å²) in [6.45, 7) is 25.9. The molecule has 10 heteroatoms. The standard InChI is InChI=1S/2C16H9N2.2C11H19N2.2Pd/c2*1-3-7-13-11(5-1)12-6-2-4-8-14(12)16-15(13)17-9-10-18-16;2*1-10(2,3)8-7-9(13-12-8)11(4,5)6;;/h2*1-7,9-10H;2*7H,1-6H3;;/q4*-1;;. The van der Waals surface area contributed by atoms with Crippen molar-refractivity contribution in [1.29, 1.82) is 0 Å². The summed E-state index contributed by atoms with van der Waals surface area (Å²) in [5.41, 5.74) is 8.49. The summed E-state index contributed by atoms with van der Waals surface area (Å²) in [5, 5.41) is 26.0. The van der Waals surface area contributed by atoms with E-state index in [1.165, 1.54) is 21.5 Å². The van der Waals surface area contributed by atoms with Crippen LogP contribution in [0.4, 0.5) is 0 Å². The van der Waals surface area contributed by atoms with E-state index in [1.54, 1.807) is 24.8 Å². The fourth-order valence-corrected chi connectivity index (χ4v) is 7.06. The van der Waals surface area contributed by atoms with E-state index >= 15 is 0 Å². The fraction of sp³-hybridized carbons (Fsp3) is 0.296. The molecule has 0 fully saturated rings. The minimum atomic E-state index is 0. The Kier molecular flexibility index (Phi) is 15.5. The number of hydrogen-bond acceptors (Lipinski definition) is 6. The van der Waals surface area contributed by atoms with E-state index in [0.717, 1.165) is 66.4 Å². The van der Waals surface area contributed by atoms with Crippen molar-refractivity contribution in [1.82, 2.24) is 40.3 Å². The van der Waals surface area contributed by atoms with Crippen LogP contribution in [0.25, 0.3) is 65.2 Å². The summed E-state index contributed by atoms with van der Waals surface area (Å²) >= 11 is 0. The third-order valence-corrected chi connectivity index (χ3v) is 10.7. The van der Waals surface area contributed by atoms with Crippen LogP contribution >= 0.6 is 0 Å². The number of nitrogens with zero attached hydrogens (tertiary/aromatic N) is 8. The molecule has 0 atom stereocenters. The molecule has 0 spiro atoms. The molecule has 64 heavy (non-hydrogen) atoms. The summed E-state index contributed by atoms with van der Waals surface area (Å²) in [6.07, 6.45) is 6.95. The molecule has 0 N–H and O–H groups in total. The second kappa shape index (κ2) is 19.9. The Labute approximate surface area is 405 Å². The molecule has 0 aliphatic rings. The molecule has 4 aromatic heterocycles. The first-order chi connectivity index (χ1) is 29.3. The molecular weight excluding hydrogens is 973 g/mol. The summed E-state index contributed by atoms with van der Waals surface area (Å²) in [5.74, 6) is 0. The van der Waals surface area contributed by atoms with Gasteiger partial charge < -0.3 is 30.4 Å². The van der Waals surface area contributed by atoms with Gasteiger partial charge in [-0.1, -0.05) is 165 Å². The summed E-state index contributed by atoms with van der Waals surface area (Å²) in [4.78, 5) is 17.9. The van der Waals surface area contributed by atoms with E-state index in [2.05, 4.69) is 196 Å². The minimum absolute atomic E-state index is 0. The molecule has 4 heterocycles. The van der Waals surface area contributed by atoms with E-state index in [-0.39, 0.29) is 62.5 Å². The number of hydrogen-bond donors (Lipinski definition) is 0. The Morgan fingerprint density at radius 3 is 0.984 bits per heavy atom. The number of aromatic nitrogens is 8. The van der Waals surface area contributed by atoms with Gasteiger partial charge in [-0.2, -0.15) is 0 Å². The minimum Gasteiger partial charge on any atom is -0.578 e. The third kappa shape index (κ3) is 11.0. The second-order valence-corrected chi connectivity index (χ2v) is 19.7. The van der Waals surface area contributed by atoms with Crippen molar-refractivity contribution >= 4 is 65.2 Å². The van der Waals surface area contributed by atoms with Crippen molar-refractivity contribution in [3.05, 3.63) is 157 Å². The monoisotopic (exact) mass is 1030 g/mol. The van der Waals surface area contributed by atoms with Crippen molar-refractivity contribution in [2.24, 2.45) is 0 Å². The van der Waals surface area contributed by atoms with Crippen LogP contribution in [0.1, 0.15) is 106 Å². The quantitative estimate of drug-likeness (QED) is 0.0840. The van der Waals surface area contributed by atoms with Crippen LogP contribution in [-0.4, -0.2) is 30.1 Å². The molecule has 0 radical (unpaired) electrons. The molecular formula is C54H56N8Pd2-4. The first kappa shape index (κ1) is 49.8. The molecule has 10 aromatic rings. The summed E-state index contributed by atoms with van der Waals surface area (Å²) in [6, 6.07) is 39.5. The SMILES string of the molecule is CC(C)(C)c1cc(C(C)(C)C)[n-]n1.CC(C)(C)c1cc(C(C)(C)C)[n-]n1.[Pd].[Pd].[c-]1cccc2c1c1nccnc1c1ccccc21.[c-]1cccc2c1c1nccnc1c1ccccc21. The number of fused-ring (bicyclic) bond motifs is 12. The maximum Gasteiger partial charge on any atom is 0.0545 e. The van der Waals surface area contributed by atoms with Crippen molar-refractivity contribution < 1.29 is 40.8 Å².